The molecule has 0 aromatic carbocycles. The summed E-state index contributed by atoms with van der Waals surface area (Å²) in [6, 6.07) is 2.18. The van der Waals surface area contributed by atoms with Gasteiger partial charge in [0.05, 0.1) is 0 Å². The lowest BCUT2D eigenvalue weighted by Gasteiger charge is -2.02. The minimum Gasteiger partial charge on any atom is -0.475 e. The molecule has 23 heavy (non-hydrogen) atoms. The molecule has 1 rings (SSSR count). The molecule has 0 atom stereocenters. The van der Waals surface area contributed by atoms with E-state index in [0.29, 0.717) is 6.42 Å². The van der Waals surface area contributed by atoms with Gasteiger partial charge in [-0.2, -0.15) is 0 Å². The summed E-state index contributed by atoms with van der Waals surface area (Å²) in [4.78, 5) is 20.3. The fourth-order valence-corrected chi connectivity index (χ4v) is 1.85. The van der Waals surface area contributed by atoms with E-state index in [4.69, 9.17) is 20.4 Å². The number of aliphatic hydroxyl groups excluding tert-OH is 1. The largest absolute Gasteiger partial charge is 0.475 e. The molecule has 132 valence electrons. The summed E-state index contributed by atoms with van der Waals surface area (Å²) in [6.45, 7) is 2.21. The minimum atomic E-state index is -1.28. The van der Waals surface area contributed by atoms with Crippen LogP contribution in [0.5, 0.6) is 0 Å². The summed E-state index contributed by atoms with van der Waals surface area (Å²) >= 11 is 0. The van der Waals surface area contributed by atoms with E-state index in [1.54, 1.807) is 0 Å². The highest BCUT2D eigenvalue weighted by Crippen LogP contribution is 2.09. The number of carboxylic acid groups (broad SMARTS) is 2. The van der Waals surface area contributed by atoms with Gasteiger partial charge in [-0.05, 0) is 25.0 Å². The summed E-state index contributed by atoms with van der Waals surface area (Å²) in [5, 5.41) is 33.7. The fraction of sp³-hybridized carbons (Fsp3) is 0.625. The molecule has 0 aliphatic carbocycles. The van der Waals surface area contributed by atoms with E-state index in [0.717, 1.165) is 25.0 Å². The van der Waals surface area contributed by atoms with Gasteiger partial charge in [0.1, 0.15) is 0 Å². The Labute approximate surface area is 135 Å². The van der Waals surface area contributed by atoms with Crippen LogP contribution >= 0.6 is 0 Å². The van der Waals surface area contributed by atoms with Crippen LogP contribution in [0.4, 0.5) is 0 Å². The lowest BCUT2D eigenvalue weighted by Crippen LogP contribution is -2.02. The maximum atomic E-state index is 10.2. The predicted octanol–water partition coefficient (Wildman–Crippen LogP) is 3.11. The van der Waals surface area contributed by atoms with Crippen LogP contribution in [0, 0.1) is 0 Å². The lowest BCUT2D eigenvalue weighted by molar-refractivity contribution is -0.0466. The van der Waals surface area contributed by atoms with Crippen LogP contribution in [-0.2, 0) is 0 Å². The zero-order valence-corrected chi connectivity index (χ0v) is 13.4. The van der Waals surface area contributed by atoms with Crippen molar-refractivity contribution in [3.05, 3.63) is 23.7 Å². The quantitative estimate of drug-likeness (QED) is 0.383. The molecular weight excluding hydrogens is 304 g/mol. The minimum absolute atomic E-state index is 0.373. The fourth-order valence-electron chi connectivity index (χ4n) is 1.85. The highest BCUT2D eigenvalue weighted by molar-refractivity contribution is 5.88. The molecule has 0 aliphatic rings. The molecule has 4 N–H and O–H groups in total. The molecule has 1 aromatic heterocycles. The van der Waals surface area contributed by atoms with E-state index in [1.807, 2.05) is 0 Å². The third kappa shape index (κ3) is 11.4. The van der Waals surface area contributed by atoms with Crippen LogP contribution in [0.1, 0.15) is 79.4 Å². The third-order valence-electron chi connectivity index (χ3n) is 3.09. The van der Waals surface area contributed by atoms with Crippen molar-refractivity contribution in [3.8, 4) is 0 Å². The highest BCUT2D eigenvalue weighted by Gasteiger charge is 2.12. The monoisotopic (exact) mass is 330 g/mol. The molecule has 1 aromatic rings. The van der Waals surface area contributed by atoms with Crippen LogP contribution in [0.3, 0.4) is 0 Å². The van der Waals surface area contributed by atoms with Crippen molar-refractivity contribution in [2.24, 2.45) is 0 Å². The second-order valence-corrected chi connectivity index (χ2v) is 5.16. The first kappa shape index (κ1) is 21.1. The molecule has 0 unspecified atom stereocenters. The van der Waals surface area contributed by atoms with Crippen LogP contribution in [0.2, 0.25) is 0 Å². The summed E-state index contributed by atoms with van der Waals surface area (Å²) in [7, 11) is 0. The molecule has 0 aliphatic heterocycles. The Bertz CT molecular complexity index is 423. The normalized spacial score (nSPS) is 10.3. The summed E-state index contributed by atoms with van der Waals surface area (Å²) < 4.78 is 4.41. The van der Waals surface area contributed by atoms with E-state index < -0.39 is 18.2 Å². The zero-order chi connectivity index (χ0) is 17.7. The van der Waals surface area contributed by atoms with Crippen molar-refractivity contribution in [1.82, 2.24) is 0 Å². The average molecular weight is 330 g/mol. The van der Waals surface area contributed by atoms with Crippen LogP contribution in [-0.4, -0.2) is 38.7 Å². The van der Waals surface area contributed by atoms with Gasteiger partial charge in [0.25, 0.3) is 0 Å². The molecule has 0 saturated carbocycles. The van der Waals surface area contributed by atoms with Crippen molar-refractivity contribution >= 4 is 11.9 Å². The molecule has 0 radical (unpaired) electrons. The number of carboxylic acids is 2. The Kier molecular flexibility index (Phi) is 11.6. The number of unbranched alkanes of at least 4 members (excludes halogenated alkanes) is 6. The Morgan fingerprint density at radius 3 is 1.70 bits per heavy atom. The molecule has 7 nitrogen and oxygen atoms in total. The Balaban J connectivity index is 0.000000422. The number of hydrogen-bond donors (Lipinski definition) is 4. The van der Waals surface area contributed by atoms with Gasteiger partial charge in [0.15, 0.2) is 6.29 Å². The molecule has 7 heteroatoms. The van der Waals surface area contributed by atoms with Crippen molar-refractivity contribution in [3.63, 3.8) is 0 Å². The number of aliphatic hydroxyl groups is 2. The van der Waals surface area contributed by atoms with E-state index >= 15 is 0 Å². The lowest BCUT2D eigenvalue weighted by atomic mass is 10.1. The first-order valence-electron chi connectivity index (χ1n) is 7.81. The van der Waals surface area contributed by atoms with Crippen LogP contribution in [0.25, 0.3) is 0 Å². The molecule has 0 bridgehead atoms. The Morgan fingerprint density at radius 1 is 0.913 bits per heavy atom. The topological polar surface area (TPSA) is 128 Å². The standard InChI is InChI=1S/C10H22O2.C6H4O5/c1-2-3-4-5-6-7-8-9-10(11)12;7-5(8)3-1-2-4(11-3)6(9)10/h10-12H,2-9H2,1H3;1-2H,(H,7,8)(H,9,10). The summed E-state index contributed by atoms with van der Waals surface area (Å²) in [5.41, 5.74) is 0. The molecular formula is C16H26O7. The molecule has 0 amide bonds. The number of hydrogen-bond acceptors (Lipinski definition) is 5. The number of furan rings is 1. The van der Waals surface area contributed by atoms with E-state index in [-0.39, 0.29) is 11.5 Å². The SMILES string of the molecule is CCCCCCCCCC(O)O.O=C(O)c1ccc(C(=O)O)o1. The van der Waals surface area contributed by atoms with Crippen molar-refractivity contribution in [1.29, 1.82) is 0 Å². The van der Waals surface area contributed by atoms with Crippen molar-refractivity contribution in [2.75, 3.05) is 0 Å². The van der Waals surface area contributed by atoms with Crippen molar-refractivity contribution in [2.45, 2.75) is 64.6 Å². The molecule has 0 spiro atoms. The predicted molar refractivity (Wildman–Crippen MR) is 83.5 cm³/mol. The number of carbonyl (C=O) groups is 2. The van der Waals surface area contributed by atoms with Gasteiger partial charge in [-0.1, -0.05) is 45.4 Å². The Morgan fingerprint density at radius 2 is 1.35 bits per heavy atom. The van der Waals surface area contributed by atoms with Gasteiger partial charge in [0.2, 0.25) is 11.5 Å². The van der Waals surface area contributed by atoms with Gasteiger partial charge >= 0.3 is 11.9 Å². The van der Waals surface area contributed by atoms with E-state index in [9.17, 15) is 9.59 Å². The van der Waals surface area contributed by atoms with Gasteiger partial charge < -0.3 is 24.8 Å². The maximum absolute atomic E-state index is 10.2. The highest BCUT2D eigenvalue weighted by atomic mass is 16.5. The zero-order valence-electron chi connectivity index (χ0n) is 13.4. The Hall–Kier alpha value is -1.86. The van der Waals surface area contributed by atoms with Gasteiger partial charge in [-0.15, -0.1) is 0 Å². The van der Waals surface area contributed by atoms with E-state index in [1.165, 1.54) is 32.1 Å². The molecule has 1 heterocycles. The van der Waals surface area contributed by atoms with Crippen LogP contribution < -0.4 is 0 Å². The number of rotatable bonds is 10. The number of aromatic carboxylic acids is 2. The van der Waals surface area contributed by atoms with Crippen molar-refractivity contribution < 1.29 is 34.4 Å². The second kappa shape index (κ2) is 12.7. The second-order valence-electron chi connectivity index (χ2n) is 5.16. The van der Waals surface area contributed by atoms with Gasteiger partial charge in [0, 0.05) is 0 Å². The van der Waals surface area contributed by atoms with Gasteiger partial charge in [-0.3, -0.25) is 0 Å². The third-order valence-corrected chi connectivity index (χ3v) is 3.09. The van der Waals surface area contributed by atoms with Crippen LogP contribution in [0.15, 0.2) is 16.5 Å². The first-order chi connectivity index (χ1) is 10.9. The summed E-state index contributed by atoms with van der Waals surface area (Å²) in [5.74, 6) is -3.31. The maximum Gasteiger partial charge on any atom is 0.371 e. The first-order valence-corrected chi connectivity index (χ1v) is 7.81. The molecule has 0 saturated heterocycles. The molecule has 0 fully saturated rings. The van der Waals surface area contributed by atoms with Gasteiger partial charge in [-0.25, -0.2) is 9.59 Å². The smallest absolute Gasteiger partial charge is 0.371 e. The van der Waals surface area contributed by atoms with E-state index in [2.05, 4.69) is 11.3 Å². The summed E-state index contributed by atoms with van der Waals surface area (Å²) in [6.07, 6.45) is 8.03. The average Bonchev–Trinajstić information content (AvgIpc) is 2.97.